The molecule has 0 saturated carbocycles. The third-order valence-electron chi connectivity index (χ3n) is 5.29. The first-order chi connectivity index (χ1) is 14.9. The summed E-state index contributed by atoms with van der Waals surface area (Å²) in [6, 6.07) is 10.9. The number of methoxy groups -OCH3 is 1. The number of carbonyl (C=O) groups is 3. The van der Waals surface area contributed by atoms with Gasteiger partial charge in [-0.15, -0.1) is 0 Å². The van der Waals surface area contributed by atoms with Gasteiger partial charge in [-0.1, -0.05) is 12.1 Å². The highest BCUT2D eigenvalue weighted by Gasteiger charge is 2.21. The van der Waals surface area contributed by atoms with E-state index in [1.54, 1.807) is 34.1 Å². The van der Waals surface area contributed by atoms with E-state index >= 15 is 0 Å². The lowest BCUT2D eigenvalue weighted by Gasteiger charge is -2.21. The fourth-order valence-corrected chi connectivity index (χ4v) is 3.59. The summed E-state index contributed by atoms with van der Waals surface area (Å²) >= 11 is 0. The van der Waals surface area contributed by atoms with Crippen molar-refractivity contribution < 1.29 is 23.5 Å². The monoisotopic (exact) mass is 427 g/mol. The van der Waals surface area contributed by atoms with Crippen molar-refractivity contribution in [1.29, 1.82) is 0 Å². The maximum atomic E-state index is 13.7. The normalized spacial score (nSPS) is 14.0. The predicted octanol–water partition coefficient (Wildman–Crippen LogP) is 2.31. The highest BCUT2D eigenvalue weighted by molar-refractivity contribution is 5.97. The molecule has 1 saturated heterocycles. The number of nitrogens with one attached hydrogen (secondary N) is 1. The van der Waals surface area contributed by atoms with E-state index in [1.165, 1.54) is 32.2 Å². The van der Waals surface area contributed by atoms with E-state index in [4.69, 9.17) is 4.74 Å². The van der Waals surface area contributed by atoms with E-state index in [1.807, 2.05) is 0 Å². The van der Waals surface area contributed by atoms with Gasteiger partial charge in [0, 0.05) is 44.2 Å². The van der Waals surface area contributed by atoms with Crippen molar-refractivity contribution in [1.82, 2.24) is 15.1 Å². The Hall–Kier alpha value is -3.42. The van der Waals surface area contributed by atoms with Crippen LogP contribution in [0.15, 0.2) is 42.5 Å². The molecular formula is C23H26FN3O4. The third kappa shape index (κ3) is 5.59. The lowest BCUT2D eigenvalue weighted by atomic mass is 10.0. The van der Waals surface area contributed by atoms with Gasteiger partial charge in [-0.3, -0.25) is 14.4 Å². The van der Waals surface area contributed by atoms with Crippen LogP contribution in [-0.2, 0) is 9.59 Å². The summed E-state index contributed by atoms with van der Waals surface area (Å²) in [6.45, 7) is 3.50. The lowest BCUT2D eigenvalue weighted by Crippen LogP contribution is -2.42. The van der Waals surface area contributed by atoms with Gasteiger partial charge in [0.2, 0.25) is 11.8 Å². The molecule has 1 aliphatic heterocycles. The Morgan fingerprint density at radius 1 is 1.03 bits per heavy atom. The van der Waals surface area contributed by atoms with Crippen molar-refractivity contribution >= 4 is 17.7 Å². The van der Waals surface area contributed by atoms with Crippen LogP contribution in [0.3, 0.4) is 0 Å². The number of benzene rings is 2. The van der Waals surface area contributed by atoms with Crippen molar-refractivity contribution in [2.24, 2.45) is 0 Å². The fraction of sp³-hybridized carbons (Fsp3) is 0.348. The summed E-state index contributed by atoms with van der Waals surface area (Å²) in [4.78, 5) is 40.0. The highest BCUT2D eigenvalue weighted by Crippen LogP contribution is 2.31. The van der Waals surface area contributed by atoms with Gasteiger partial charge in [-0.25, -0.2) is 4.39 Å². The Bertz CT molecular complexity index is 979. The van der Waals surface area contributed by atoms with E-state index < -0.39 is 11.7 Å². The average Bonchev–Trinajstić information content (AvgIpc) is 3.04. The van der Waals surface area contributed by atoms with Crippen LogP contribution in [0.2, 0.25) is 0 Å². The zero-order valence-corrected chi connectivity index (χ0v) is 17.7. The van der Waals surface area contributed by atoms with Crippen molar-refractivity contribution in [2.45, 2.75) is 13.3 Å². The van der Waals surface area contributed by atoms with E-state index in [2.05, 4.69) is 5.32 Å². The summed E-state index contributed by atoms with van der Waals surface area (Å²) in [5, 5.41) is 2.65. The summed E-state index contributed by atoms with van der Waals surface area (Å²) in [5.41, 5.74) is 1.52. The zero-order chi connectivity index (χ0) is 22.4. The average molecular weight is 427 g/mol. The lowest BCUT2D eigenvalue weighted by molar-refractivity contribution is -0.131. The van der Waals surface area contributed by atoms with Crippen LogP contribution in [0, 0.1) is 5.82 Å². The minimum absolute atomic E-state index is 0.00240. The Morgan fingerprint density at radius 3 is 2.52 bits per heavy atom. The molecule has 0 bridgehead atoms. The van der Waals surface area contributed by atoms with Gasteiger partial charge < -0.3 is 19.9 Å². The highest BCUT2D eigenvalue weighted by atomic mass is 19.1. The quantitative estimate of drug-likeness (QED) is 0.794. The fourth-order valence-electron chi connectivity index (χ4n) is 3.59. The summed E-state index contributed by atoms with van der Waals surface area (Å²) in [5.74, 6) is -0.503. The van der Waals surface area contributed by atoms with Crippen LogP contribution < -0.4 is 10.1 Å². The largest absolute Gasteiger partial charge is 0.496 e. The molecule has 1 fully saturated rings. The molecule has 8 heteroatoms. The van der Waals surface area contributed by atoms with Crippen LogP contribution in [0.5, 0.6) is 5.75 Å². The van der Waals surface area contributed by atoms with Gasteiger partial charge in [0.15, 0.2) is 0 Å². The smallest absolute Gasteiger partial charge is 0.251 e. The van der Waals surface area contributed by atoms with Crippen molar-refractivity contribution in [3.8, 4) is 16.9 Å². The minimum Gasteiger partial charge on any atom is -0.496 e. The first kappa shape index (κ1) is 22.3. The molecule has 0 atom stereocenters. The van der Waals surface area contributed by atoms with Crippen LogP contribution in [0.4, 0.5) is 4.39 Å². The molecule has 0 spiro atoms. The molecule has 31 heavy (non-hydrogen) atoms. The Kier molecular flexibility index (Phi) is 7.23. The first-order valence-corrected chi connectivity index (χ1v) is 10.1. The maximum absolute atomic E-state index is 13.7. The van der Waals surface area contributed by atoms with Crippen molar-refractivity contribution in [3.05, 3.63) is 53.8 Å². The summed E-state index contributed by atoms with van der Waals surface area (Å²) < 4.78 is 19.0. The second-order valence-corrected chi connectivity index (χ2v) is 7.35. The van der Waals surface area contributed by atoms with Crippen LogP contribution >= 0.6 is 0 Å². The van der Waals surface area contributed by atoms with Crippen LogP contribution in [-0.4, -0.2) is 67.4 Å². The molecule has 7 nitrogen and oxygen atoms in total. The number of carbonyl (C=O) groups excluding carboxylic acids is 3. The van der Waals surface area contributed by atoms with E-state index in [9.17, 15) is 18.8 Å². The molecule has 1 heterocycles. The zero-order valence-electron chi connectivity index (χ0n) is 17.7. The maximum Gasteiger partial charge on any atom is 0.251 e. The van der Waals surface area contributed by atoms with Gasteiger partial charge >= 0.3 is 0 Å². The van der Waals surface area contributed by atoms with E-state index in [0.29, 0.717) is 55.0 Å². The number of rotatable bonds is 5. The first-order valence-electron chi connectivity index (χ1n) is 10.1. The van der Waals surface area contributed by atoms with Gasteiger partial charge in [0.05, 0.1) is 13.7 Å². The number of hydrogen-bond acceptors (Lipinski definition) is 4. The number of hydrogen-bond donors (Lipinski definition) is 1. The molecule has 164 valence electrons. The molecule has 0 aromatic heterocycles. The topological polar surface area (TPSA) is 79.0 Å². The molecule has 1 aliphatic rings. The molecule has 3 rings (SSSR count). The van der Waals surface area contributed by atoms with Gasteiger partial charge in [0.1, 0.15) is 11.6 Å². The summed E-state index contributed by atoms with van der Waals surface area (Å²) in [6.07, 6.45) is 0.705. The molecule has 1 N–H and O–H groups in total. The molecule has 0 radical (unpaired) electrons. The molecule has 3 amide bonds. The van der Waals surface area contributed by atoms with Gasteiger partial charge in [0.25, 0.3) is 5.91 Å². The molecule has 2 aromatic carbocycles. The standard InChI is InChI=1S/C23H26FN3O4/c1-16(28)26-9-4-10-27(12-11-26)22(29)15-25-23(30)18-6-3-5-17(13-18)20-14-19(24)7-8-21(20)31-2/h3,5-8,13-14H,4,9-12,15H2,1-2H3,(H,25,30). The van der Waals surface area contributed by atoms with Gasteiger partial charge in [-0.2, -0.15) is 0 Å². The molecular weight excluding hydrogens is 401 g/mol. The van der Waals surface area contributed by atoms with Crippen LogP contribution in [0.25, 0.3) is 11.1 Å². The number of nitrogens with zero attached hydrogens (tertiary/aromatic N) is 2. The molecule has 0 aliphatic carbocycles. The Balaban J connectivity index is 1.64. The second-order valence-electron chi connectivity index (χ2n) is 7.35. The Labute approximate surface area is 180 Å². The van der Waals surface area contributed by atoms with Crippen LogP contribution in [0.1, 0.15) is 23.7 Å². The molecule has 0 unspecified atom stereocenters. The predicted molar refractivity (Wildman–Crippen MR) is 114 cm³/mol. The Morgan fingerprint density at radius 2 is 1.77 bits per heavy atom. The van der Waals surface area contributed by atoms with Gasteiger partial charge in [-0.05, 0) is 42.3 Å². The number of halogens is 1. The van der Waals surface area contributed by atoms with Crippen molar-refractivity contribution in [3.63, 3.8) is 0 Å². The third-order valence-corrected chi connectivity index (χ3v) is 5.29. The summed E-state index contributed by atoms with van der Waals surface area (Å²) in [7, 11) is 1.50. The van der Waals surface area contributed by atoms with E-state index in [-0.39, 0.29) is 18.4 Å². The van der Waals surface area contributed by atoms with E-state index in [0.717, 1.165) is 0 Å². The molecule has 2 aromatic rings. The minimum atomic E-state index is -0.406. The SMILES string of the molecule is COc1ccc(F)cc1-c1cccc(C(=O)NCC(=O)N2CCCN(C(C)=O)CC2)c1. The number of amides is 3. The second kappa shape index (κ2) is 10.1. The number of ether oxygens (including phenoxy) is 1. The van der Waals surface area contributed by atoms with Crippen molar-refractivity contribution in [2.75, 3.05) is 39.8 Å².